The van der Waals surface area contributed by atoms with Crippen LogP contribution in [-0.2, 0) is 12.0 Å². The lowest BCUT2D eigenvalue weighted by molar-refractivity contribution is 0.0375. The number of ether oxygens (including phenoxy) is 1. The molecule has 0 radical (unpaired) electrons. The third-order valence-electron chi connectivity index (χ3n) is 5.24. The second-order valence-electron chi connectivity index (χ2n) is 6.76. The molecule has 24 heavy (non-hydrogen) atoms. The summed E-state index contributed by atoms with van der Waals surface area (Å²) in [6, 6.07) is 18.4. The number of rotatable bonds is 6. The van der Waals surface area contributed by atoms with Crippen molar-refractivity contribution >= 4 is 0 Å². The zero-order chi connectivity index (χ0) is 16.8. The summed E-state index contributed by atoms with van der Waals surface area (Å²) in [5.74, 6) is 0.852. The molecule has 2 aromatic carbocycles. The predicted molar refractivity (Wildman–Crippen MR) is 97.0 cm³/mol. The summed E-state index contributed by atoms with van der Waals surface area (Å²) >= 11 is 0. The van der Waals surface area contributed by atoms with Gasteiger partial charge in [-0.05, 0) is 49.1 Å². The summed E-state index contributed by atoms with van der Waals surface area (Å²) in [5.41, 5.74) is 7.96. The summed E-state index contributed by atoms with van der Waals surface area (Å²) in [5, 5.41) is 10.7. The van der Waals surface area contributed by atoms with Gasteiger partial charge in [0, 0.05) is 5.41 Å². The van der Waals surface area contributed by atoms with Gasteiger partial charge in [-0.3, -0.25) is 0 Å². The van der Waals surface area contributed by atoms with Crippen LogP contribution in [0.1, 0.15) is 43.2 Å². The van der Waals surface area contributed by atoms with Gasteiger partial charge in [-0.15, -0.1) is 0 Å². The van der Waals surface area contributed by atoms with Gasteiger partial charge in [-0.2, -0.15) is 0 Å². The molecule has 0 spiro atoms. The van der Waals surface area contributed by atoms with Crippen molar-refractivity contribution in [2.24, 2.45) is 5.73 Å². The van der Waals surface area contributed by atoms with E-state index in [4.69, 9.17) is 10.5 Å². The van der Waals surface area contributed by atoms with Gasteiger partial charge < -0.3 is 15.6 Å². The first kappa shape index (κ1) is 17.0. The molecule has 0 amide bonds. The van der Waals surface area contributed by atoms with Crippen LogP contribution in [0.2, 0.25) is 0 Å². The standard InChI is InChI=1S/C21H27NO2/c22-14-13-21(12-5-4-11-20(21)23)18-9-6-10-19(15-18)24-16-17-7-2-1-3-8-17/h1-3,6-10,15,20,23H,4-5,11-14,16,22H2. The molecule has 128 valence electrons. The number of hydrogen-bond donors (Lipinski definition) is 2. The van der Waals surface area contributed by atoms with Crippen LogP contribution < -0.4 is 10.5 Å². The zero-order valence-electron chi connectivity index (χ0n) is 14.2. The van der Waals surface area contributed by atoms with Gasteiger partial charge in [0.25, 0.3) is 0 Å². The Balaban J connectivity index is 1.80. The van der Waals surface area contributed by atoms with Crippen LogP contribution >= 0.6 is 0 Å². The van der Waals surface area contributed by atoms with E-state index in [2.05, 4.69) is 24.3 Å². The molecule has 2 unspecified atom stereocenters. The Hall–Kier alpha value is -1.84. The van der Waals surface area contributed by atoms with Crippen molar-refractivity contribution in [3.05, 3.63) is 65.7 Å². The first-order valence-corrected chi connectivity index (χ1v) is 8.90. The van der Waals surface area contributed by atoms with Crippen molar-refractivity contribution in [2.45, 2.75) is 50.2 Å². The Morgan fingerprint density at radius 3 is 2.67 bits per heavy atom. The molecule has 3 nitrogen and oxygen atoms in total. The molecule has 1 saturated carbocycles. The number of aliphatic hydroxyl groups excluding tert-OH is 1. The van der Waals surface area contributed by atoms with E-state index in [-0.39, 0.29) is 11.5 Å². The van der Waals surface area contributed by atoms with Gasteiger partial charge >= 0.3 is 0 Å². The van der Waals surface area contributed by atoms with Crippen LogP contribution in [0.25, 0.3) is 0 Å². The van der Waals surface area contributed by atoms with Crippen molar-refractivity contribution in [1.29, 1.82) is 0 Å². The summed E-state index contributed by atoms with van der Waals surface area (Å²) in [6.07, 6.45) is 4.59. The van der Waals surface area contributed by atoms with E-state index < -0.39 is 0 Å². The topological polar surface area (TPSA) is 55.5 Å². The summed E-state index contributed by atoms with van der Waals surface area (Å²) in [4.78, 5) is 0. The van der Waals surface area contributed by atoms with Gasteiger partial charge in [0.2, 0.25) is 0 Å². The summed E-state index contributed by atoms with van der Waals surface area (Å²) < 4.78 is 5.97. The van der Waals surface area contributed by atoms with E-state index in [1.54, 1.807) is 0 Å². The van der Waals surface area contributed by atoms with Crippen LogP contribution in [-0.4, -0.2) is 17.8 Å². The summed E-state index contributed by atoms with van der Waals surface area (Å²) in [6.45, 7) is 1.14. The van der Waals surface area contributed by atoms with Crippen molar-refractivity contribution < 1.29 is 9.84 Å². The summed E-state index contributed by atoms with van der Waals surface area (Å²) in [7, 11) is 0. The second kappa shape index (κ2) is 7.82. The van der Waals surface area contributed by atoms with Crippen LogP contribution in [0.15, 0.2) is 54.6 Å². The number of aliphatic hydroxyl groups is 1. The lowest BCUT2D eigenvalue weighted by atomic mass is 9.65. The minimum atomic E-state index is -0.320. The third-order valence-corrected chi connectivity index (χ3v) is 5.24. The van der Waals surface area contributed by atoms with E-state index in [0.717, 1.165) is 49.0 Å². The quantitative estimate of drug-likeness (QED) is 0.849. The molecule has 0 bridgehead atoms. The smallest absolute Gasteiger partial charge is 0.120 e. The van der Waals surface area contributed by atoms with Gasteiger partial charge in [0.1, 0.15) is 12.4 Å². The van der Waals surface area contributed by atoms with Crippen LogP contribution in [0, 0.1) is 0 Å². The second-order valence-corrected chi connectivity index (χ2v) is 6.76. The minimum absolute atomic E-state index is 0.223. The average molecular weight is 325 g/mol. The molecule has 2 aromatic rings. The van der Waals surface area contributed by atoms with E-state index in [9.17, 15) is 5.11 Å². The molecule has 0 aromatic heterocycles. The predicted octanol–water partition coefficient (Wildman–Crippen LogP) is 3.79. The molecular weight excluding hydrogens is 298 g/mol. The zero-order valence-corrected chi connectivity index (χ0v) is 14.2. The molecule has 2 atom stereocenters. The fourth-order valence-electron chi connectivity index (χ4n) is 3.89. The molecule has 0 aliphatic heterocycles. The van der Waals surface area contributed by atoms with Crippen molar-refractivity contribution in [2.75, 3.05) is 6.54 Å². The van der Waals surface area contributed by atoms with E-state index in [0.29, 0.717) is 13.2 Å². The molecule has 0 saturated heterocycles. The molecule has 3 heteroatoms. The van der Waals surface area contributed by atoms with Gasteiger partial charge in [0.05, 0.1) is 6.10 Å². The maximum absolute atomic E-state index is 10.7. The normalized spacial score (nSPS) is 23.8. The molecule has 1 aliphatic rings. The van der Waals surface area contributed by atoms with E-state index >= 15 is 0 Å². The fraction of sp³-hybridized carbons (Fsp3) is 0.429. The van der Waals surface area contributed by atoms with E-state index in [1.165, 1.54) is 0 Å². The van der Waals surface area contributed by atoms with Gasteiger partial charge in [0.15, 0.2) is 0 Å². The average Bonchev–Trinajstić information content (AvgIpc) is 2.63. The highest BCUT2D eigenvalue weighted by Crippen LogP contribution is 2.43. The van der Waals surface area contributed by atoms with Crippen molar-refractivity contribution in [1.82, 2.24) is 0 Å². The molecule has 0 heterocycles. The molecule has 3 rings (SSSR count). The minimum Gasteiger partial charge on any atom is -0.489 e. The number of hydrogen-bond acceptors (Lipinski definition) is 3. The Morgan fingerprint density at radius 1 is 1.08 bits per heavy atom. The van der Waals surface area contributed by atoms with Crippen molar-refractivity contribution in [3.63, 3.8) is 0 Å². The number of nitrogens with two attached hydrogens (primary N) is 1. The first-order chi connectivity index (χ1) is 11.7. The first-order valence-electron chi connectivity index (χ1n) is 8.90. The van der Waals surface area contributed by atoms with Crippen LogP contribution in [0.4, 0.5) is 0 Å². The third kappa shape index (κ3) is 3.63. The molecule has 1 aliphatic carbocycles. The molecule has 3 N–H and O–H groups in total. The van der Waals surface area contributed by atoms with Crippen LogP contribution in [0.5, 0.6) is 5.75 Å². The monoisotopic (exact) mass is 325 g/mol. The van der Waals surface area contributed by atoms with Crippen molar-refractivity contribution in [3.8, 4) is 5.75 Å². The Kier molecular flexibility index (Phi) is 5.54. The van der Waals surface area contributed by atoms with E-state index in [1.807, 2.05) is 30.3 Å². The Bertz CT molecular complexity index is 639. The molecule has 1 fully saturated rings. The highest BCUT2D eigenvalue weighted by Gasteiger charge is 2.40. The highest BCUT2D eigenvalue weighted by molar-refractivity contribution is 5.36. The largest absolute Gasteiger partial charge is 0.489 e. The SMILES string of the molecule is NCCC1(c2cccc(OCc3ccccc3)c2)CCCCC1O. The maximum atomic E-state index is 10.7. The lowest BCUT2D eigenvalue weighted by Gasteiger charge is -2.42. The van der Waals surface area contributed by atoms with Gasteiger partial charge in [-0.1, -0.05) is 55.3 Å². The Morgan fingerprint density at radius 2 is 1.92 bits per heavy atom. The van der Waals surface area contributed by atoms with Crippen LogP contribution in [0.3, 0.4) is 0 Å². The Labute approximate surface area is 144 Å². The molecular formula is C21H27NO2. The highest BCUT2D eigenvalue weighted by atomic mass is 16.5. The van der Waals surface area contributed by atoms with Gasteiger partial charge in [-0.25, -0.2) is 0 Å². The number of benzene rings is 2. The fourth-order valence-corrected chi connectivity index (χ4v) is 3.89. The lowest BCUT2D eigenvalue weighted by Crippen LogP contribution is -2.43. The maximum Gasteiger partial charge on any atom is 0.120 e.